The molecule has 1 aliphatic rings. The predicted octanol–water partition coefficient (Wildman–Crippen LogP) is 4.04. The fourth-order valence-electron chi connectivity index (χ4n) is 2.46. The number of allylic oxidation sites excluding steroid dienone is 2. The number of aryl methyl sites for hydroxylation is 1. The number of carbonyl (C=O) groups is 2. The number of methoxy groups -OCH3 is 2. The molecule has 150 valence electrons. The third-order valence-corrected chi connectivity index (χ3v) is 3.92. The van der Waals surface area contributed by atoms with Gasteiger partial charge in [-0.25, -0.2) is 9.59 Å². The van der Waals surface area contributed by atoms with Crippen molar-refractivity contribution in [3.8, 4) is 5.75 Å². The largest absolute Gasteiger partial charge is 0.573 e. The molecule has 10 heteroatoms. The van der Waals surface area contributed by atoms with Crippen LogP contribution in [-0.4, -0.2) is 32.5 Å². The van der Waals surface area contributed by atoms with Crippen LogP contribution in [0.2, 0.25) is 5.02 Å². The number of nitrogens with zero attached hydrogens (tertiary/aromatic N) is 1. The molecule has 0 unspecified atom stereocenters. The molecule has 0 spiro atoms. The Labute approximate surface area is 163 Å². The minimum Gasteiger partial charge on any atom is -0.465 e. The second-order valence-corrected chi connectivity index (χ2v) is 5.84. The zero-order valence-corrected chi connectivity index (χ0v) is 15.7. The summed E-state index contributed by atoms with van der Waals surface area (Å²) in [5.74, 6) is -2.25. The van der Waals surface area contributed by atoms with Gasteiger partial charge >= 0.3 is 18.3 Å². The number of anilines is 1. The Morgan fingerprint density at radius 1 is 1.07 bits per heavy atom. The van der Waals surface area contributed by atoms with Gasteiger partial charge in [-0.3, -0.25) is 0 Å². The van der Waals surface area contributed by atoms with Crippen LogP contribution in [0.5, 0.6) is 5.75 Å². The van der Waals surface area contributed by atoms with E-state index in [0.717, 1.165) is 20.3 Å². The van der Waals surface area contributed by atoms with Crippen LogP contribution in [0.15, 0.2) is 47.8 Å². The third kappa shape index (κ3) is 4.66. The first-order valence-corrected chi connectivity index (χ1v) is 8.07. The van der Waals surface area contributed by atoms with Crippen LogP contribution < -0.4 is 9.64 Å². The van der Waals surface area contributed by atoms with Crippen LogP contribution in [0, 0.1) is 6.92 Å². The average Bonchev–Trinajstić information content (AvgIpc) is 2.84. The number of alkyl halides is 3. The molecule has 0 aromatic heterocycles. The molecule has 2 rings (SSSR count). The lowest BCUT2D eigenvalue weighted by molar-refractivity contribution is -0.274. The molecule has 0 N–H and O–H groups in total. The SMILES string of the molecule is COC(=O)C1=C(C(=O)OC)N(c2cc(Cl)c(OC(F)(F)F)cc2C)C=CC=C1. The van der Waals surface area contributed by atoms with Gasteiger partial charge in [0.1, 0.15) is 11.4 Å². The summed E-state index contributed by atoms with van der Waals surface area (Å²) >= 11 is 5.94. The van der Waals surface area contributed by atoms with Gasteiger partial charge in [0.05, 0.1) is 30.5 Å². The van der Waals surface area contributed by atoms with Crippen LogP contribution in [-0.2, 0) is 19.1 Å². The van der Waals surface area contributed by atoms with E-state index in [0.29, 0.717) is 5.56 Å². The minimum atomic E-state index is -4.92. The van der Waals surface area contributed by atoms with Gasteiger partial charge in [-0.15, -0.1) is 13.2 Å². The number of rotatable bonds is 4. The molecule has 1 aliphatic heterocycles. The van der Waals surface area contributed by atoms with Gasteiger partial charge in [0, 0.05) is 6.20 Å². The number of hydrogen-bond donors (Lipinski definition) is 0. The molecule has 28 heavy (non-hydrogen) atoms. The first-order chi connectivity index (χ1) is 13.1. The van der Waals surface area contributed by atoms with E-state index in [1.165, 1.54) is 42.3 Å². The third-order valence-electron chi connectivity index (χ3n) is 3.62. The minimum absolute atomic E-state index is 0.106. The summed E-state index contributed by atoms with van der Waals surface area (Å²) in [6, 6.07) is 2.26. The van der Waals surface area contributed by atoms with Gasteiger partial charge in [-0.2, -0.15) is 0 Å². The van der Waals surface area contributed by atoms with E-state index in [-0.39, 0.29) is 22.0 Å². The topological polar surface area (TPSA) is 65.1 Å². The van der Waals surface area contributed by atoms with Crippen LogP contribution in [0.1, 0.15) is 5.56 Å². The first kappa shape index (κ1) is 21.4. The second-order valence-electron chi connectivity index (χ2n) is 5.43. The maximum absolute atomic E-state index is 12.5. The van der Waals surface area contributed by atoms with Crippen LogP contribution in [0.3, 0.4) is 0 Å². The number of esters is 2. The highest BCUT2D eigenvalue weighted by molar-refractivity contribution is 6.32. The average molecular weight is 418 g/mol. The number of carbonyl (C=O) groups excluding carboxylic acids is 2. The highest BCUT2D eigenvalue weighted by atomic mass is 35.5. The van der Waals surface area contributed by atoms with Crippen molar-refractivity contribution in [1.82, 2.24) is 0 Å². The van der Waals surface area contributed by atoms with Crippen molar-refractivity contribution in [2.24, 2.45) is 0 Å². The van der Waals surface area contributed by atoms with Gasteiger partial charge in [0.25, 0.3) is 0 Å². The monoisotopic (exact) mass is 417 g/mol. The van der Waals surface area contributed by atoms with E-state index in [9.17, 15) is 22.8 Å². The van der Waals surface area contributed by atoms with Crippen molar-refractivity contribution in [1.29, 1.82) is 0 Å². The lowest BCUT2D eigenvalue weighted by Gasteiger charge is -2.25. The highest BCUT2D eigenvalue weighted by Gasteiger charge is 2.33. The summed E-state index contributed by atoms with van der Waals surface area (Å²) in [5, 5.41) is -0.340. The summed E-state index contributed by atoms with van der Waals surface area (Å²) in [6.07, 6.45) is 0.882. The van der Waals surface area contributed by atoms with E-state index < -0.39 is 24.1 Å². The van der Waals surface area contributed by atoms with Crippen molar-refractivity contribution in [3.63, 3.8) is 0 Å². The van der Waals surface area contributed by atoms with Crippen molar-refractivity contribution in [3.05, 3.63) is 58.4 Å². The van der Waals surface area contributed by atoms with Crippen molar-refractivity contribution >= 4 is 29.2 Å². The summed E-state index contributed by atoms with van der Waals surface area (Å²) < 4.78 is 50.9. The van der Waals surface area contributed by atoms with Gasteiger partial charge < -0.3 is 19.1 Å². The second kappa shape index (κ2) is 8.39. The Bertz CT molecular complexity index is 890. The lowest BCUT2D eigenvalue weighted by atomic mass is 10.1. The van der Waals surface area contributed by atoms with E-state index in [2.05, 4.69) is 4.74 Å². The molecule has 1 aromatic rings. The van der Waals surface area contributed by atoms with Crippen molar-refractivity contribution in [2.75, 3.05) is 19.1 Å². The molecule has 0 saturated heterocycles. The molecule has 1 heterocycles. The standard InChI is InChI=1S/C18H15ClF3NO5/c1-10-8-14(28-18(20,21)22)12(19)9-13(10)23-7-5-4-6-11(16(24)26-2)15(23)17(25)27-3/h4-9H,1-3H3. The van der Waals surface area contributed by atoms with Crippen molar-refractivity contribution < 1.29 is 37.0 Å². The number of benzene rings is 1. The lowest BCUT2D eigenvalue weighted by Crippen LogP contribution is -2.27. The van der Waals surface area contributed by atoms with E-state index in [4.69, 9.17) is 21.1 Å². The van der Waals surface area contributed by atoms with E-state index in [1.54, 1.807) is 0 Å². The molecule has 0 fully saturated rings. The molecular formula is C18H15ClF3NO5. The molecule has 0 amide bonds. The predicted molar refractivity (Wildman–Crippen MR) is 94.7 cm³/mol. The molecule has 0 aliphatic carbocycles. The Morgan fingerprint density at radius 2 is 1.71 bits per heavy atom. The summed E-state index contributed by atoms with van der Waals surface area (Å²) in [7, 11) is 2.27. The highest BCUT2D eigenvalue weighted by Crippen LogP contribution is 2.38. The fourth-order valence-corrected chi connectivity index (χ4v) is 2.65. The smallest absolute Gasteiger partial charge is 0.465 e. The van der Waals surface area contributed by atoms with Gasteiger partial charge in [-0.05, 0) is 36.8 Å². The van der Waals surface area contributed by atoms with Gasteiger partial charge in [-0.1, -0.05) is 17.7 Å². The maximum Gasteiger partial charge on any atom is 0.573 e. The Kier molecular flexibility index (Phi) is 6.40. The van der Waals surface area contributed by atoms with Gasteiger partial charge in [0.15, 0.2) is 0 Å². The number of ether oxygens (including phenoxy) is 3. The molecular weight excluding hydrogens is 403 g/mol. The van der Waals surface area contributed by atoms with Crippen LogP contribution in [0.4, 0.5) is 18.9 Å². The first-order valence-electron chi connectivity index (χ1n) is 7.70. The summed E-state index contributed by atoms with van der Waals surface area (Å²) in [4.78, 5) is 25.8. The van der Waals surface area contributed by atoms with Gasteiger partial charge in [0.2, 0.25) is 0 Å². The summed E-state index contributed by atoms with van der Waals surface area (Å²) in [6.45, 7) is 1.49. The fraction of sp³-hybridized carbons (Fsp3) is 0.222. The number of hydrogen-bond acceptors (Lipinski definition) is 6. The van der Waals surface area contributed by atoms with E-state index >= 15 is 0 Å². The Balaban J connectivity index is 2.65. The molecule has 0 bridgehead atoms. The van der Waals surface area contributed by atoms with Crippen LogP contribution in [0.25, 0.3) is 0 Å². The maximum atomic E-state index is 12.5. The Morgan fingerprint density at radius 3 is 2.29 bits per heavy atom. The zero-order chi connectivity index (χ0) is 21.1. The van der Waals surface area contributed by atoms with Crippen molar-refractivity contribution in [2.45, 2.75) is 13.3 Å². The van der Waals surface area contributed by atoms with E-state index in [1.807, 2.05) is 0 Å². The molecule has 6 nitrogen and oxygen atoms in total. The quantitative estimate of drug-likeness (QED) is 0.689. The molecule has 1 aromatic carbocycles. The molecule has 0 saturated carbocycles. The van der Waals surface area contributed by atoms with Crippen LogP contribution >= 0.6 is 11.6 Å². The normalized spacial score (nSPS) is 14.0. The molecule has 0 atom stereocenters. The number of halogens is 4. The Hall–Kier alpha value is -2.94. The zero-order valence-electron chi connectivity index (χ0n) is 15.0. The molecule has 0 radical (unpaired) electrons. The summed E-state index contributed by atoms with van der Waals surface area (Å²) in [5.41, 5.74) is 0.232.